The molecule has 0 aliphatic carbocycles. The molecule has 1 aromatic carbocycles. The monoisotopic (exact) mass is 434 g/mol. The smallest absolute Gasteiger partial charge is 0.261 e. The molecule has 3 rings (SSSR count). The first-order valence-corrected chi connectivity index (χ1v) is 10.5. The molecule has 162 valence electrons. The van der Waals surface area contributed by atoms with Crippen LogP contribution in [0.1, 0.15) is 25.0 Å². The average molecular weight is 435 g/mol. The molecule has 8 nitrogen and oxygen atoms in total. The molecule has 1 saturated heterocycles. The van der Waals surface area contributed by atoms with E-state index in [1.807, 2.05) is 0 Å². The predicted octanol–water partition coefficient (Wildman–Crippen LogP) is 2.97. The third-order valence-electron chi connectivity index (χ3n) is 4.89. The van der Waals surface area contributed by atoms with E-state index in [1.54, 1.807) is 37.3 Å². The Morgan fingerprint density at radius 1 is 1.23 bits per heavy atom. The summed E-state index contributed by atoms with van der Waals surface area (Å²) < 4.78 is 10.5. The van der Waals surface area contributed by atoms with Crippen LogP contribution in [0.15, 0.2) is 34.9 Å². The van der Waals surface area contributed by atoms with Gasteiger partial charge in [-0.05, 0) is 57.1 Å². The Kier molecular flexibility index (Phi) is 8.10. The number of hydrogen-bond acceptors (Lipinski definition) is 6. The summed E-state index contributed by atoms with van der Waals surface area (Å²) in [5.74, 6) is 0.888. The van der Waals surface area contributed by atoms with Gasteiger partial charge in [-0.15, -0.1) is 0 Å². The van der Waals surface area contributed by atoms with Gasteiger partial charge in [0.15, 0.2) is 12.4 Å². The second-order valence-electron chi connectivity index (χ2n) is 7.33. The van der Waals surface area contributed by atoms with E-state index < -0.39 is 0 Å². The quantitative estimate of drug-likeness (QED) is 0.652. The van der Waals surface area contributed by atoms with E-state index in [0.29, 0.717) is 28.9 Å². The van der Waals surface area contributed by atoms with E-state index >= 15 is 0 Å². The first-order chi connectivity index (χ1) is 14.5. The van der Waals surface area contributed by atoms with Crippen LogP contribution < -0.4 is 10.1 Å². The van der Waals surface area contributed by atoms with Crippen molar-refractivity contribution < 1.29 is 18.8 Å². The van der Waals surface area contributed by atoms with Crippen molar-refractivity contribution in [2.75, 3.05) is 44.6 Å². The Hall–Kier alpha value is -2.58. The minimum absolute atomic E-state index is 0.0808. The van der Waals surface area contributed by atoms with E-state index in [-0.39, 0.29) is 25.0 Å². The summed E-state index contributed by atoms with van der Waals surface area (Å²) in [5, 5.41) is 7.01. The van der Waals surface area contributed by atoms with Crippen LogP contribution in [0.4, 0.5) is 5.82 Å². The van der Waals surface area contributed by atoms with Crippen LogP contribution in [0, 0.1) is 6.92 Å². The van der Waals surface area contributed by atoms with Crippen molar-refractivity contribution in [2.24, 2.45) is 0 Å². The molecule has 0 unspecified atom stereocenters. The van der Waals surface area contributed by atoms with Crippen LogP contribution in [0.3, 0.4) is 0 Å². The third kappa shape index (κ3) is 7.03. The lowest BCUT2D eigenvalue weighted by Crippen LogP contribution is -2.45. The molecule has 2 amide bonds. The van der Waals surface area contributed by atoms with Gasteiger partial charge in [0.05, 0.1) is 0 Å². The molecule has 1 aliphatic rings. The molecular formula is C21H27ClN4O4. The van der Waals surface area contributed by atoms with E-state index in [0.717, 1.165) is 19.6 Å². The van der Waals surface area contributed by atoms with Crippen molar-refractivity contribution in [2.45, 2.75) is 26.2 Å². The molecule has 0 atom stereocenters. The molecule has 30 heavy (non-hydrogen) atoms. The zero-order valence-corrected chi connectivity index (χ0v) is 17.9. The number of nitrogens with one attached hydrogen (secondary N) is 1. The Morgan fingerprint density at radius 2 is 1.97 bits per heavy atom. The molecule has 0 radical (unpaired) electrons. The number of amides is 2. The first-order valence-electron chi connectivity index (χ1n) is 10.1. The lowest BCUT2D eigenvalue weighted by Gasteiger charge is -2.29. The van der Waals surface area contributed by atoms with E-state index in [1.165, 1.54) is 24.2 Å². The van der Waals surface area contributed by atoms with Gasteiger partial charge in [0.2, 0.25) is 5.91 Å². The molecule has 0 bridgehead atoms. The number of nitrogens with zero attached hydrogens (tertiary/aromatic N) is 3. The van der Waals surface area contributed by atoms with Crippen molar-refractivity contribution in [3.63, 3.8) is 0 Å². The second kappa shape index (κ2) is 11.0. The van der Waals surface area contributed by atoms with E-state index in [9.17, 15) is 9.59 Å². The summed E-state index contributed by atoms with van der Waals surface area (Å²) in [7, 11) is 0. The van der Waals surface area contributed by atoms with Gasteiger partial charge in [-0.1, -0.05) is 23.2 Å². The fourth-order valence-electron chi connectivity index (χ4n) is 3.29. The number of aryl methyl sites for hydroxylation is 1. The highest BCUT2D eigenvalue weighted by atomic mass is 35.5. The van der Waals surface area contributed by atoms with Crippen LogP contribution in [-0.4, -0.2) is 66.1 Å². The van der Waals surface area contributed by atoms with Gasteiger partial charge in [-0.2, -0.15) is 0 Å². The average Bonchev–Trinajstić information content (AvgIpc) is 3.15. The van der Waals surface area contributed by atoms with Gasteiger partial charge in [0.25, 0.3) is 5.91 Å². The lowest BCUT2D eigenvalue weighted by molar-refractivity contribution is -0.136. The molecule has 2 aromatic rings. The number of ether oxygens (including phenoxy) is 1. The molecule has 1 aromatic heterocycles. The zero-order chi connectivity index (χ0) is 21.3. The largest absolute Gasteiger partial charge is 0.484 e. The molecule has 1 N–H and O–H groups in total. The fourth-order valence-corrected chi connectivity index (χ4v) is 3.41. The Balaban J connectivity index is 1.57. The Labute approximate surface area is 181 Å². The molecule has 0 spiro atoms. The number of carbonyl (C=O) groups is 2. The molecule has 0 saturated carbocycles. The van der Waals surface area contributed by atoms with Gasteiger partial charge in [-0.3, -0.25) is 9.59 Å². The van der Waals surface area contributed by atoms with Gasteiger partial charge in [0, 0.05) is 24.2 Å². The molecule has 1 fully saturated rings. The summed E-state index contributed by atoms with van der Waals surface area (Å²) in [6.45, 7) is 4.73. The topological polar surface area (TPSA) is 87.9 Å². The van der Waals surface area contributed by atoms with Crippen LogP contribution in [0.25, 0.3) is 0 Å². The van der Waals surface area contributed by atoms with Crippen LogP contribution in [0.2, 0.25) is 5.02 Å². The maximum atomic E-state index is 12.8. The number of benzene rings is 1. The van der Waals surface area contributed by atoms with Gasteiger partial charge >= 0.3 is 0 Å². The molecule has 1 aliphatic heterocycles. The SMILES string of the molecule is Cc1cc(NC(=O)CN(CCN2CCCCC2)C(=O)COc2ccc(Cl)cc2)no1. The number of aromatic nitrogens is 1. The molecule has 2 heterocycles. The minimum atomic E-state index is -0.332. The van der Waals surface area contributed by atoms with Crippen LogP contribution in [0.5, 0.6) is 5.75 Å². The summed E-state index contributed by atoms with van der Waals surface area (Å²) in [6.07, 6.45) is 3.58. The zero-order valence-electron chi connectivity index (χ0n) is 17.1. The van der Waals surface area contributed by atoms with Crippen molar-refractivity contribution in [3.8, 4) is 5.75 Å². The Morgan fingerprint density at radius 3 is 2.63 bits per heavy atom. The minimum Gasteiger partial charge on any atom is -0.484 e. The van der Waals surface area contributed by atoms with Gasteiger partial charge < -0.3 is 24.4 Å². The Bertz CT molecular complexity index is 834. The normalized spacial score (nSPS) is 14.3. The van der Waals surface area contributed by atoms with Crippen LogP contribution >= 0.6 is 11.6 Å². The number of piperidine rings is 1. The fraction of sp³-hybridized carbons (Fsp3) is 0.476. The standard InChI is InChI=1S/C21H27ClN4O4/c1-16-13-19(24-30-16)23-20(27)14-26(12-11-25-9-3-2-4-10-25)21(28)15-29-18-7-5-17(22)6-8-18/h5-8,13H,2-4,9-12,14-15H2,1H3,(H,23,24,27). The van der Waals surface area contributed by atoms with Crippen molar-refractivity contribution >= 4 is 29.2 Å². The second-order valence-corrected chi connectivity index (χ2v) is 7.77. The summed E-state index contributed by atoms with van der Waals surface area (Å²) in [6, 6.07) is 8.42. The number of rotatable bonds is 9. The van der Waals surface area contributed by atoms with Crippen molar-refractivity contribution in [1.82, 2.24) is 15.0 Å². The first kappa shape index (κ1) is 22.1. The van der Waals surface area contributed by atoms with Crippen molar-refractivity contribution in [3.05, 3.63) is 41.1 Å². The third-order valence-corrected chi connectivity index (χ3v) is 5.15. The summed E-state index contributed by atoms with van der Waals surface area (Å²) in [5.41, 5.74) is 0. The van der Waals surface area contributed by atoms with Crippen LogP contribution in [-0.2, 0) is 9.59 Å². The number of hydrogen-bond donors (Lipinski definition) is 1. The predicted molar refractivity (Wildman–Crippen MR) is 114 cm³/mol. The van der Waals surface area contributed by atoms with Gasteiger partial charge in [-0.25, -0.2) is 0 Å². The number of likely N-dealkylation sites (tertiary alicyclic amines) is 1. The highest BCUT2D eigenvalue weighted by Crippen LogP contribution is 2.16. The molecular weight excluding hydrogens is 408 g/mol. The lowest BCUT2D eigenvalue weighted by atomic mass is 10.1. The highest BCUT2D eigenvalue weighted by molar-refractivity contribution is 6.30. The van der Waals surface area contributed by atoms with E-state index in [2.05, 4.69) is 15.4 Å². The number of carbonyl (C=O) groups excluding carboxylic acids is 2. The maximum Gasteiger partial charge on any atom is 0.261 e. The molecule has 9 heteroatoms. The van der Waals surface area contributed by atoms with Crippen molar-refractivity contribution in [1.29, 1.82) is 0 Å². The number of anilines is 1. The maximum absolute atomic E-state index is 12.8. The van der Waals surface area contributed by atoms with E-state index in [4.69, 9.17) is 20.9 Å². The summed E-state index contributed by atoms with van der Waals surface area (Å²) in [4.78, 5) is 29.1. The summed E-state index contributed by atoms with van der Waals surface area (Å²) >= 11 is 5.87. The number of halogens is 1. The highest BCUT2D eigenvalue weighted by Gasteiger charge is 2.20. The van der Waals surface area contributed by atoms with Gasteiger partial charge in [0.1, 0.15) is 18.1 Å².